The van der Waals surface area contributed by atoms with Gasteiger partial charge in [-0.15, -0.1) is 0 Å². The Labute approximate surface area is 341 Å². The Balaban J connectivity index is 1.13. The lowest BCUT2D eigenvalue weighted by atomic mass is 9.96. The minimum atomic E-state index is -4.79. The van der Waals surface area contributed by atoms with E-state index in [9.17, 15) is 24.4 Å². The second-order valence-electron chi connectivity index (χ2n) is 15.9. The minimum absolute atomic E-state index is 0.0379. The molecule has 2 saturated heterocycles. The highest BCUT2D eigenvalue weighted by molar-refractivity contribution is 7.47. The molecule has 3 aromatic rings. The van der Waals surface area contributed by atoms with Crippen molar-refractivity contribution in [3.63, 3.8) is 0 Å². The number of hydrogen-bond acceptors (Lipinski definition) is 12. The first-order valence-corrected chi connectivity index (χ1v) is 22.3. The van der Waals surface area contributed by atoms with Crippen LogP contribution in [0.4, 0.5) is 10.2 Å². The molecule has 2 fully saturated rings. The highest BCUT2D eigenvalue weighted by Gasteiger charge is 2.65. The minimum Gasteiger partial charge on any atom is -0.382 e. The number of nitrogens with zero attached hydrogens (tertiary/aromatic N) is 5. The number of rotatable bonds is 26. The number of ether oxygens (including phenoxy) is 4. The summed E-state index contributed by atoms with van der Waals surface area (Å²) in [7, 11) is -4.79. The molecule has 5 rings (SSSR count). The number of unbranched alkanes of at least 4 members (excludes halogenated alkanes) is 14. The lowest BCUT2D eigenvalue weighted by Crippen LogP contribution is -2.45. The van der Waals surface area contributed by atoms with E-state index in [1.807, 2.05) is 6.07 Å². The maximum Gasteiger partial charge on any atom is 0.472 e. The standard InChI is InChI=1S/C42H60FN6O8P/c1-4-5-6-7-8-9-10-11-12-13-14-15-16-17-18-19-34(52-26-32-22-31(25-44)23-33(43)24-32)27-53-58(50,51)54-29-42(28-45)39-38(55-41(2,3)57-39)37(56-42)35-20-21-36-40(46)47-30-48-49(35)36/h20-24,30,34,37-39H,4-19,26-27,29H2,1-3H3,(H,50,51)(H2,46,47,48)/t34-,37-,38-,39-,42+/m0/s1. The second-order valence-corrected chi connectivity index (χ2v) is 17.4. The first kappa shape index (κ1) is 45.6. The fourth-order valence-electron chi connectivity index (χ4n) is 7.75. The van der Waals surface area contributed by atoms with E-state index >= 15 is 0 Å². The number of hydrogen-bond donors (Lipinski definition) is 2. The zero-order valence-corrected chi connectivity index (χ0v) is 35.0. The number of anilines is 1. The van der Waals surface area contributed by atoms with E-state index < -0.39 is 56.1 Å². The molecule has 0 amide bonds. The number of benzene rings is 1. The average Bonchev–Trinajstić information content (AvgIpc) is 3.86. The van der Waals surface area contributed by atoms with Crippen molar-refractivity contribution in [1.82, 2.24) is 14.6 Å². The van der Waals surface area contributed by atoms with E-state index in [0.29, 0.717) is 23.2 Å². The number of nitrogens with two attached hydrogens (primary N) is 1. The molecule has 1 aromatic carbocycles. The molecule has 0 radical (unpaired) electrons. The smallest absolute Gasteiger partial charge is 0.382 e. The van der Waals surface area contributed by atoms with Crippen LogP contribution in [0.15, 0.2) is 36.7 Å². The third-order valence-electron chi connectivity index (χ3n) is 10.8. The van der Waals surface area contributed by atoms with Gasteiger partial charge in [-0.3, -0.25) is 9.05 Å². The monoisotopic (exact) mass is 826 g/mol. The van der Waals surface area contributed by atoms with Gasteiger partial charge < -0.3 is 29.6 Å². The number of nitrogen functional groups attached to an aromatic ring is 1. The summed E-state index contributed by atoms with van der Waals surface area (Å²) >= 11 is 0. The second kappa shape index (κ2) is 21.7. The molecule has 2 aliphatic heterocycles. The predicted molar refractivity (Wildman–Crippen MR) is 214 cm³/mol. The van der Waals surface area contributed by atoms with Crippen LogP contribution in [0.25, 0.3) is 5.52 Å². The van der Waals surface area contributed by atoms with Crippen molar-refractivity contribution in [2.24, 2.45) is 0 Å². The van der Waals surface area contributed by atoms with Gasteiger partial charge in [0.05, 0.1) is 36.6 Å². The van der Waals surface area contributed by atoms with Crippen molar-refractivity contribution in [3.05, 3.63) is 59.3 Å². The molecule has 318 valence electrons. The Morgan fingerprint density at radius 1 is 0.948 bits per heavy atom. The molecule has 2 aliphatic rings. The topological polar surface area (TPSA) is 196 Å². The molecule has 0 bridgehead atoms. The summed E-state index contributed by atoms with van der Waals surface area (Å²) in [6.07, 6.45) is 16.8. The molecule has 0 saturated carbocycles. The highest BCUT2D eigenvalue weighted by atomic mass is 31.2. The summed E-state index contributed by atoms with van der Waals surface area (Å²) in [4.78, 5) is 14.9. The Kier molecular flexibility index (Phi) is 17.0. The Morgan fingerprint density at radius 3 is 2.24 bits per heavy atom. The van der Waals surface area contributed by atoms with Gasteiger partial charge in [0.2, 0.25) is 5.60 Å². The number of phosphoric ester groups is 1. The normalized spacial score (nSPS) is 22.7. The van der Waals surface area contributed by atoms with E-state index in [0.717, 1.165) is 31.7 Å². The van der Waals surface area contributed by atoms with Crippen LogP contribution in [0.3, 0.4) is 0 Å². The van der Waals surface area contributed by atoms with E-state index in [1.54, 1.807) is 26.0 Å². The molecule has 16 heteroatoms. The van der Waals surface area contributed by atoms with E-state index in [-0.39, 0.29) is 24.6 Å². The van der Waals surface area contributed by atoms with Crippen LogP contribution < -0.4 is 5.73 Å². The molecule has 2 aromatic heterocycles. The van der Waals surface area contributed by atoms with Crippen LogP contribution >= 0.6 is 7.82 Å². The van der Waals surface area contributed by atoms with Crippen LogP contribution in [0.2, 0.25) is 0 Å². The summed E-state index contributed by atoms with van der Waals surface area (Å²) in [6, 6.07) is 11.5. The molecule has 3 N–H and O–H groups in total. The summed E-state index contributed by atoms with van der Waals surface area (Å²) in [5.41, 5.74) is 5.83. The zero-order chi connectivity index (χ0) is 41.6. The van der Waals surface area contributed by atoms with Gasteiger partial charge in [-0.25, -0.2) is 18.5 Å². The Morgan fingerprint density at radius 2 is 1.60 bits per heavy atom. The van der Waals surface area contributed by atoms with Gasteiger partial charge in [0.1, 0.15) is 48.6 Å². The zero-order valence-electron chi connectivity index (χ0n) is 34.2. The third kappa shape index (κ3) is 12.8. The van der Waals surface area contributed by atoms with Crippen LogP contribution in [0.1, 0.15) is 146 Å². The maximum atomic E-state index is 14.2. The van der Waals surface area contributed by atoms with E-state index in [1.165, 1.54) is 93.6 Å². The van der Waals surface area contributed by atoms with Gasteiger partial charge in [0.15, 0.2) is 11.6 Å². The van der Waals surface area contributed by atoms with Gasteiger partial charge in [-0.2, -0.15) is 15.6 Å². The molecular weight excluding hydrogens is 766 g/mol. The van der Waals surface area contributed by atoms with Gasteiger partial charge in [0, 0.05) is 0 Å². The predicted octanol–water partition coefficient (Wildman–Crippen LogP) is 9.16. The maximum absolute atomic E-state index is 14.2. The van der Waals surface area contributed by atoms with Crippen molar-refractivity contribution in [2.75, 3.05) is 18.9 Å². The molecule has 1 unspecified atom stereocenters. The van der Waals surface area contributed by atoms with Gasteiger partial charge in [-0.05, 0) is 56.2 Å². The first-order chi connectivity index (χ1) is 27.9. The van der Waals surface area contributed by atoms with Crippen LogP contribution in [-0.4, -0.2) is 62.4 Å². The van der Waals surface area contributed by atoms with Crippen molar-refractivity contribution in [1.29, 1.82) is 10.5 Å². The summed E-state index contributed by atoms with van der Waals surface area (Å²) < 4.78 is 64.7. The Bertz CT molecular complexity index is 1900. The van der Waals surface area contributed by atoms with E-state index in [4.69, 9.17) is 33.7 Å². The van der Waals surface area contributed by atoms with E-state index in [2.05, 4.69) is 23.1 Å². The lowest BCUT2D eigenvalue weighted by molar-refractivity contribution is -0.204. The van der Waals surface area contributed by atoms with Crippen LogP contribution in [0, 0.1) is 28.5 Å². The SMILES string of the molecule is CCCCCCCCCCCCCCCCC[C@@H](COP(=O)(O)OC[C@@]1(C#N)O[C@@H](c2ccc3c(N)ncnn23)[C@@H]2OC(C)(C)O[C@@H]21)OCc1cc(F)cc(C#N)c1. The molecule has 14 nitrogen and oxygen atoms in total. The summed E-state index contributed by atoms with van der Waals surface area (Å²) in [6.45, 7) is 4.61. The molecular formula is C42H60FN6O8P. The summed E-state index contributed by atoms with van der Waals surface area (Å²) in [5, 5.41) is 24.1. The molecule has 58 heavy (non-hydrogen) atoms. The third-order valence-corrected chi connectivity index (χ3v) is 11.7. The fourth-order valence-corrected chi connectivity index (χ4v) is 8.53. The number of halogens is 1. The molecule has 4 heterocycles. The quantitative estimate of drug-likeness (QED) is 0.0575. The lowest BCUT2D eigenvalue weighted by Gasteiger charge is -2.29. The average molecular weight is 827 g/mol. The number of phosphoric acid groups is 1. The van der Waals surface area contributed by atoms with Crippen molar-refractivity contribution in [3.8, 4) is 12.1 Å². The van der Waals surface area contributed by atoms with Gasteiger partial charge >= 0.3 is 7.82 Å². The molecule has 0 aliphatic carbocycles. The van der Waals surface area contributed by atoms with Crippen LogP contribution in [0.5, 0.6) is 0 Å². The number of fused-ring (bicyclic) bond motifs is 2. The first-order valence-electron chi connectivity index (χ1n) is 20.8. The summed E-state index contributed by atoms with van der Waals surface area (Å²) in [5.74, 6) is -1.42. The van der Waals surface area contributed by atoms with Crippen molar-refractivity contribution < 1.29 is 41.8 Å². The number of nitriles is 2. The van der Waals surface area contributed by atoms with Crippen LogP contribution in [-0.2, 0) is 39.2 Å². The van der Waals surface area contributed by atoms with Crippen molar-refractivity contribution in [2.45, 2.75) is 166 Å². The molecule has 6 atom stereocenters. The molecule has 0 spiro atoms. The van der Waals surface area contributed by atoms with Crippen molar-refractivity contribution >= 4 is 19.2 Å². The largest absolute Gasteiger partial charge is 0.472 e. The van der Waals surface area contributed by atoms with Gasteiger partial charge in [-0.1, -0.05) is 103 Å². The Hall–Kier alpha value is -3.50. The number of aromatic nitrogens is 3. The highest BCUT2D eigenvalue weighted by Crippen LogP contribution is 2.52. The van der Waals surface area contributed by atoms with Gasteiger partial charge in [0.25, 0.3) is 0 Å². The fraction of sp³-hybridized carbons (Fsp3) is 0.667.